The quantitative estimate of drug-likeness (QED) is 0.346. The number of aromatic nitrogens is 2. The second kappa shape index (κ2) is 7.60. The Morgan fingerprint density at radius 2 is 1.93 bits per heavy atom. The molecule has 2 heterocycles. The van der Waals surface area contributed by atoms with Crippen LogP contribution in [-0.4, -0.2) is 15.6 Å². The molecular formula is C21H15ClFN3O. The van der Waals surface area contributed by atoms with Gasteiger partial charge in [-0.1, -0.05) is 59.2 Å². The van der Waals surface area contributed by atoms with Crippen molar-refractivity contribution < 1.29 is 9.23 Å². The maximum Gasteiger partial charge on any atom is 0.142 e. The van der Waals surface area contributed by atoms with Crippen molar-refractivity contribution in [3.63, 3.8) is 0 Å². The molecular weight excluding hydrogens is 365 g/mol. The molecule has 4 aromatic rings. The highest BCUT2D eigenvalue weighted by Gasteiger charge is 2.13. The summed E-state index contributed by atoms with van der Waals surface area (Å²) in [6, 6.07) is 19.7. The Balaban J connectivity index is 1.66. The van der Waals surface area contributed by atoms with E-state index in [-0.39, 0.29) is 12.4 Å². The van der Waals surface area contributed by atoms with Crippen molar-refractivity contribution >= 4 is 23.5 Å². The summed E-state index contributed by atoms with van der Waals surface area (Å²) in [4.78, 5) is 10.0. The standard InChI is InChI=1S/C21H15ClFN3O/c22-17-9-10-20-25-21(16-6-2-1-3-7-16)19(26(20)13-17)12-24-27-14-15-5-4-8-18(23)11-15/h1-13H,14H2. The normalized spacial score (nSPS) is 11.3. The number of halogens is 2. The van der Waals surface area contributed by atoms with E-state index in [4.69, 9.17) is 16.4 Å². The Morgan fingerprint density at radius 1 is 1.07 bits per heavy atom. The summed E-state index contributed by atoms with van der Waals surface area (Å²) >= 11 is 6.14. The van der Waals surface area contributed by atoms with Crippen LogP contribution in [0, 0.1) is 5.82 Å². The molecule has 6 heteroatoms. The first-order valence-electron chi connectivity index (χ1n) is 8.33. The molecule has 2 aromatic carbocycles. The van der Waals surface area contributed by atoms with Crippen molar-refractivity contribution in [2.75, 3.05) is 0 Å². The van der Waals surface area contributed by atoms with Crippen LogP contribution in [0.5, 0.6) is 0 Å². The fourth-order valence-corrected chi connectivity index (χ4v) is 2.96. The maximum absolute atomic E-state index is 13.2. The lowest BCUT2D eigenvalue weighted by molar-refractivity contribution is 0.132. The van der Waals surface area contributed by atoms with E-state index in [1.54, 1.807) is 30.6 Å². The van der Waals surface area contributed by atoms with Crippen LogP contribution in [0.2, 0.25) is 5.02 Å². The van der Waals surface area contributed by atoms with Crippen LogP contribution < -0.4 is 0 Å². The predicted octanol–water partition coefficient (Wildman–Crippen LogP) is 5.34. The monoisotopic (exact) mass is 379 g/mol. The van der Waals surface area contributed by atoms with Gasteiger partial charge < -0.3 is 4.84 Å². The Hall–Kier alpha value is -3.18. The van der Waals surface area contributed by atoms with Gasteiger partial charge in [-0.2, -0.15) is 0 Å². The van der Waals surface area contributed by atoms with Gasteiger partial charge in [-0.25, -0.2) is 9.37 Å². The molecule has 0 fully saturated rings. The number of fused-ring (bicyclic) bond motifs is 1. The first-order chi connectivity index (χ1) is 13.2. The van der Waals surface area contributed by atoms with Gasteiger partial charge in [0, 0.05) is 11.8 Å². The molecule has 27 heavy (non-hydrogen) atoms. The van der Waals surface area contributed by atoms with E-state index in [0.717, 1.165) is 22.6 Å². The molecule has 134 valence electrons. The number of nitrogens with zero attached hydrogens (tertiary/aromatic N) is 3. The van der Waals surface area contributed by atoms with E-state index in [1.807, 2.05) is 40.8 Å². The van der Waals surface area contributed by atoms with Gasteiger partial charge in [0.05, 0.1) is 22.6 Å². The average molecular weight is 380 g/mol. The maximum atomic E-state index is 13.2. The van der Waals surface area contributed by atoms with Crippen molar-refractivity contribution in [3.05, 3.63) is 95.0 Å². The highest BCUT2D eigenvalue weighted by molar-refractivity contribution is 6.30. The predicted molar refractivity (Wildman–Crippen MR) is 104 cm³/mol. The molecule has 0 radical (unpaired) electrons. The van der Waals surface area contributed by atoms with Crippen LogP contribution in [0.15, 0.2) is 78.1 Å². The smallest absolute Gasteiger partial charge is 0.142 e. The van der Waals surface area contributed by atoms with Gasteiger partial charge in [-0.05, 0) is 29.8 Å². The summed E-state index contributed by atoms with van der Waals surface area (Å²) in [6.45, 7) is 0.173. The number of rotatable bonds is 5. The van der Waals surface area contributed by atoms with Crippen LogP contribution in [0.3, 0.4) is 0 Å². The molecule has 0 aliphatic carbocycles. The molecule has 0 spiro atoms. The number of imidazole rings is 1. The minimum atomic E-state index is -0.303. The minimum absolute atomic E-state index is 0.173. The summed E-state index contributed by atoms with van der Waals surface area (Å²) in [5, 5.41) is 4.65. The summed E-state index contributed by atoms with van der Waals surface area (Å²) in [5.41, 5.74) is 3.94. The van der Waals surface area contributed by atoms with E-state index in [0.29, 0.717) is 10.6 Å². The third-order valence-corrected chi connectivity index (χ3v) is 4.26. The van der Waals surface area contributed by atoms with Crippen molar-refractivity contribution in [1.82, 2.24) is 9.38 Å². The number of pyridine rings is 1. The number of oxime groups is 1. The zero-order chi connectivity index (χ0) is 18.6. The van der Waals surface area contributed by atoms with Crippen LogP contribution in [-0.2, 0) is 11.4 Å². The summed E-state index contributed by atoms with van der Waals surface area (Å²) < 4.78 is 15.1. The highest BCUT2D eigenvalue weighted by atomic mass is 35.5. The van der Waals surface area contributed by atoms with E-state index in [2.05, 4.69) is 10.1 Å². The van der Waals surface area contributed by atoms with Crippen molar-refractivity contribution in [2.45, 2.75) is 6.61 Å². The fraction of sp³-hybridized carbons (Fsp3) is 0.0476. The summed E-state index contributed by atoms with van der Waals surface area (Å²) in [5.74, 6) is -0.303. The lowest BCUT2D eigenvalue weighted by Gasteiger charge is -2.02. The molecule has 0 saturated heterocycles. The van der Waals surface area contributed by atoms with E-state index >= 15 is 0 Å². The lowest BCUT2D eigenvalue weighted by atomic mass is 10.1. The van der Waals surface area contributed by atoms with Crippen LogP contribution in [0.4, 0.5) is 4.39 Å². The molecule has 0 amide bonds. The molecule has 4 nitrogen and oxygen atoms in total. The van der Waals surface area contributed by atoms with Crippen LogP contribution >= 0.6 is 11.6 Å². The topological polar surface area (TPSA) is 38.9 Å². The van der Waals surface area contributed by atoms with Gasteiger partial charge >= 0.3 is 0 Å². The number of hydrogen-bond acceptors (Lipinski definition) is 3. The van der Waals surface area contributed by atoms with Crippen LogP contribution in [0.1, 0.15) is 11.3 Å². The first-order valence-corrected chi connectivity index (χ1v) is 8.71. The fourth-order valence-electron chi connectivity index (χ4n) is 2.79. The largest absolute Gasteiger partial charge is 0.391 e. The van der Waals surface area contributed by atoms with Gasteiger partial charge in [0.15, 0.2) is 0 Å². The van der Waals surface area contributed by atoms with E-state index in [9.17, 15) is 4.39 Å². The minimum Gasteiger partial charge on any atom is -0.391 e. The molecule has 0 bridgehead atoms. The Kier molecular flexibility index (Phi) is 4.85. The summed E-state index contributed by atoms with van der Waals surface area (Å²) in [6.07, 6.45) is 3.38. The van der Waals surface area contributed by atoms with Crippen molar-refractivity contribution in [2.24, 2.45) is 5.16 Å². The molecule has 2 aromatic heterocycles. The Labute approximate surface area is 160 Å². The third-order valence-electron chi connectivity index (χ3n) is 4.04. The Morgan fingerprint density at radius 3 is 2.74 bits per heavy atom. The zero-order valence-corrected chi connectivity index (χ0v) is 15.0. The molecule has 0 saturated carbocycles. The number of benzene rings is 2. The molecule has 0 N–H and O–H groups in total. The zero-order valence-electron chi connectivity index (χ0n) is 14.2. The highest BCUT2D eigenvalue weighted by Crippen LogP contribution is 2.24. The first kappa shape index (κ1) is 17.2. The third kappa shape index (κ3) is 3.83. The second-order valence-electron chi connectivity index (χ2n) is 5.93. The SMILES string of the molecule is Fc1cccc(CON=Cc2c(-c3ccccc3)nc3ccc(Cl)cn23)c1. The molecule has 0 unspecified atom stereocenters. The van der Waals surface area contributed by atoms with E-state index < -0.39 is 0 Å². The van der Waals surface area contributed by atoms with Gasteiger partial charge in [-0.15, -0.1) is 0 Å². The van der Waals surface area contributed by atoms with Gasteiger partial charge in [-0.3, -0.25) is 4.40 Å². The second-order valence-corrected chi connectivity index (χ2v) is 6.36. The van der Waals surface area contributed by atoms with Gasteiger partial charge in [0.1, 0.15) is 18.1 Å². The Bertz CT molecular complexity index is 1110. The molecule has 0 atom stereocenters. The van der Waals surface area contributed by atoms with E-state index in [1.165, 1.54) is 12.1 Å². The van der Waals surface area contributed by atoms with Crippen molar-refractivity contribution in [3.8, 4) is 11.3 Å². The van der Waals surface area contributed by atoms with Gasteiger partial charge in [0.25, 0.3) is 0 Å². The molecule has 0 aliphatic rings. The average Bonchev–Trinajstić information content (AvgIpc) is 3.04. The molecule has 0 aliphatic heterocycles. The number of hydrogen-bond donors (Lipinski definition) is 0. The van der Waals surface area contributed by atoms with Crippen molar-refractivity contribution in [1.29, 1.82) is 0 Å². The lowest BCUT2D eigenvalue weighted by Crippen LogP contribution is -1.95. The summed E-state index contributed by atoms with van der Waals surface area (Å²) in [7, 11) is 0. The molecule has 4 rings (SSSR count). The van der Waals surface area contributed by atoms with Crippen LogP contribution in [0.25, 0.3) is 16.9 Å². The van der Waals surface area contributed by atoms with Gasteiger partial charge in [0.2, 0.25) is 0 Å².